The van der Waals surface area contributed by atoms with Gasteiger partial charge in [-0.15, -0.1) is 12.4 Å². The molecule has 0 radical (unpaired) electrons. The third kappa shape index (κ3) is 7.98. The number of Topliss-reactive ketones (excluding diaryl/α,β-unsaturated/α-hetero) is 1. The van der Waals surface area contributed by atoms with E-state index in [-0.39, 0.29) is 24.8 Å². The van der Waals surface area contributed by atoms with Gasteiger partial charge in [-0.05, 0) is 30.7 Å². The summed E-state index contributed by atoms with van der Waals surface area (Å²) in [6.07, 6.45) is 0.132. The van der Waals surface area contributed by atoms with Crippen molar-refractivity contribution in [1.82, 2.24) is 5.32 Å². The van der Waals surface area contributed by atoms with E-state index in [2.05, 4.69) is 12.2 Å². The van der Waals surface area contributed by atoms with Crippen molar-refractivity contribution in [1.29, 1.82) is 0 Å². The Kier molecular flexibility index (Phi) is 11.4. The molecular formula is C22H30ClNO4. The van der Waals surface area contributed by atoms with Crippen molar-refractivity contribution >= 4 is 18.2 Å². The number of methoxy groups -OCH3 is 1. The maximum atomic E-state index is 12.9. The topological polar surface area (TPSA) is 67.8 Å². The Balaban J connectivity index is 0.00000392. The van der Waals surface area contributed by atoms with Crippen molar-refractivity contribution in [2.24, 2.45) is 0 Å². The molecule has 2 unspecified atom stereocenters. The molecule has 2 aromatic rings. The largest absolute Gasteiger partial charge is 0.497 e. The average Bonchev–Trinajstić information content (AvgIpc) is 2.72. The highest BCUT2D eigenvalue weighted by Gasteiger charge is 2.22. The van der Waals surface area contributed by atoms with Crippen LogP contribution in [0.4, 0.5) is 0 Å². The summed E-state index contributed by atoms with van der Waals surface area (Å²) in [5.41, 5.74) is 1.58. The molecule has 28 heavy (non-hydrogen) atoms. The Morgan fingerprint density at radius 2 is 1.79 bits per heavy atom. The predicted molar refractivity (Wildman–Crippen MR) is 114 cm³/mol. The van der Waals surface area contributed by atoms with E-state index in [4.69, 9.17) is 9.47 Å². The van der Waals surface area contributed by atoms with Crippen molar-refractivity contribution in [3.05, 3.63) is 65.7 Å². The van der Waals surface area contributed by atoms with Gasteiger partial charge in [0.25, 0.3) is 0 Å². The van der Waals surface area contributed by atoms with Crippen LogP contribution in [0.25, 0.3) is 0 Å². The third-order valence-corrected chi connectivity index (χ3v) is 4.23. The van der Waals surface area contributed by atoms with Gasteiger partial charge in [0.1, 0.15) is 11.9 Å². The summed E-state index contributed by atoms with van der Waals surface area (Å²) >= 11 is 0. The number of hydrogen-bond donors (Lipinski definition) is 2. The monoisotopic (exact) mass is 407 g/mol. The highest BCUT2D eigenvalue weighted by atomic mass is 35.5. The molecule has 0 saturated carbocycles. The van der Waals surface area contributed by atoms with Crippen molar-refractivity contribution in [3.63, 3.8) is 0 Å². The lowest BCUT2D eigenvalue weighted by Crippen LogP contribution is -2.35. The third-order valence-electron chi connectivity index (χ3n) is 4.23. The SMILES string of the molecule is CCCNCC(O)COC(Cc1ccc(OC)cc1)C(=O)c1ccccc1.Cl. The Morgan fingerprint density at radius 3 is 2.39 bits per heavy atom. The fraction of sp³-hybridized carbons (Fsp3) is 0.409. The first kappa shape index (κ1) is 24.1. The number of hydrogen-bond acceptors (Lipinski definition) is 5. The summed E-state index contributed by atoms with van der Waals surface area (Å²) in [6, 6.07) is 16.7. The number of aliphatic hydroxyl groups is 1. The van der Waals surface area contributed by atoms with Crippen LogP contribution < -0.4 is 10.1 Å². The number of carbonyl (C=O) groups excluding carboxylic acids is 1. The van der Waals surface area contributed by atoms with Gasteiger partial charge in [-0.2, -0.15) is 0 Å². The Hall–Kier alpha value is -1.92. The number of nitrogens with one attached hydrogen (secondary N) is 1. The summed E-state index contributed by atoms with van der Waals surface area (Å²) in [5, 5.41) is 13.2. The lowest BCUT2D eigenvalue weighted by Gasteiger charge is -2.20. The summed E-state index contributed by atoms with van der Waals surface area (Å²) in [4.78, 5) is 12.9. The lowest BCUT2D eigenvalue weighted by atomic mass is 9.99. The lowest BCUT2D eigenvalue weighted by molar-refractivity contribution is -0.00162. The summed E-state index contributed by atoms with van der Waals surface area (Å²) in [5.74, 6) is 0.683. The minimum Gasteiger partial charge on any atom is -0.497 e. The standard InChI is InChI=1S/C22H29NO4.ClH/c1-3-13-23-15-19(24)16-27-21(22(25)18-7-5-4-6-8-18)14-17-9-11-20(26-2)12-10-17;/h4-12,19,21,23-24H,3,13-16H2,1-2H3;1H. The molecular weight excluding hydrogens is 378 g/mol. The van der Waals surface area contributed by atoms with Crippen molar-refractivity contribution in [2.75, 3.05) is 26.8 Å². The second kappa shape index (κ2) is 13.3. The van der Waals surface area contributed by atoms with Gasteiger partial charge in [0.15, 0.2) is 5.78 Å². The van der Waals surface area contributed by atoms with E-state index in [1.807, 2.05) is 42.5 Å². The zero-order valence-electron chi connectivity index (χ0n) is 16.5. The number of halogens is 1. The van der Waals surface area contributed by atoms with E-state index in [0.29, 0.717) is 18.5 Å². The van der Waals surface area contributed by atoms with Crippen LogP contribution in [0.2, 0.25) is 0 Å². The molecule has 154 valence electrons. The minimum atomic E-state index is -0.654. The first-order valence-corrected chi connectivity index (χ1v) is 9.36. The summed E-state index contributed by atoms with van der Waals surface area (Å²) < 4.78 is 11.0. The maximum Gasteiger partial charge on any atom is 0.191 e. The zero-order valence-corrected chi connectivity index (χ0v) is 17.3. The average molecular weight is 408 g/mol. The molecule has 0 saturated heterocycles. The Bertz CT molecular complexity index is 679. The Morgan fingerprint density at radius 1 is 1.11 bits per heavy atom. The first-order valence-electron chi connectivity index (χ1n) is 9.36. The van der Waals surface area contributed by atoms with Crippen LogP contribution >= 0.6 is 12.4 Å². The fourth-order valence-corrected chi connectivity index (χ4v) is 2.72. The van der Waals surface area contributed by atoms with Gasteiger partial charge in [0.2, 0.25) is 0 Å². The number of aliphatic hydroxyl groups excluding tert-OH is 1. The van der Waals surface area contributed by atoms with Crippen LogP contribution in [0.5, 0.6) is 5.75 Å². The second-order valence-electron chi connectivity index (χ2n) is 6.46. The molecule has 0 aliphatic carbocycles. The van der Waals surface area contributed by atoms with Gasteiger partial charge < -0.3 is 19.9 Å². The molecule has 5 nitrogen and oxygen atoms in total. The van der Waals surface area contributed by atoms with Crippen LogP contribution in [-0.4, -0.2) is 49.9 Å². The molecule has 0 heterocycles. The highest BCUT2D eigenvalue weighted by molar-refractivity contribution is 5.99. The molecule has 0 aliphatic rings. The number of benzene rings is 2. The molecule has 0 aromatic heterocycles. The smallest absolute Gasteiger partial charge is 0.191 e. The van der Waals surface area contributed by atoms with Crippen LogP contribution in [0.1, 0.15) is 29.3 Å². The number of carbonyl (C=O) groups is 1. The minimum absolute atomic E-state index is 0. The molecule has 2 N–H and O–H groups in total. The van der Waals surface area contributed by atoms with Crippen LogP contribution in [0.15, 0.2) is 54.6 Å². The van der Waals surface area contributed by atoms with E-state index in [1.165, 1.54) is 0 Å². The molecule has 0 aliphatic heterocycles. The Labute approximate surface area is 173 Å². The molecule has 6 heteroatoms. The summed E-state index contributed by atoms with van der Waals surface area (Å²) in [6.45, 7) is 3.47. The highest BCUT2D eigenvalue weighted by Crippen LogP contribution is 2.16. The number of ether oxygens (including phenoxy) is 2. The van der Waals surface area contributed by atoms with Gasteiger partial charge in [0.05, 0.1) is 19.8 Å². The summed E-state index contributed by atoms with van der Waals surface area (Å²) in [7, 11) is 1.62. The number of rotatable bonds is 12. The van der Waals surface area contributed by atoms with Crippen LogP contribution in [0.3, 0.4) is 0 Å². The number of ketones is 1. The second-order valence-corrected chi connectivity index (χ2v) is 6.46. The quantitative estimate of drug-likeness (QED) is 0.417. The van der Waals surface area contributed by atoms with E-state index < -0.39 is 12.2 Å². The van der Waals surface area contributed by atoms with Crippen LogP contribution in [-0.2, 0) is 11.2 Å². The van der Waals surface area contributed by atoms with Gasteiger partial charge in [-0.3, -0.25) is 4.79 Å². The van der Waals surface area contributed by atoms with E-state index in [1.54, 1.807) is 19.2 Å². The first-order chi connectivity index (χ1) is 13.1. The van der Waals surface area contributed by atoms with Gasteiger partial charge >= 0.3 is 0 Å². The molecule has 0 bridgehead atoms. The van der Waals surface area contributed by atoms with Gasteiger partial charge in [-0.1, -0.05) is 49.4 Å². The molecule has 0 amide bonds. The van der Waals surface area contributed by atoms with Crippen LogP contribution in [0, 0.1) is 0 Å². The molecule has 0 spiro atoms. The van der Waals surface area contributed by atoms with Gasteiger partial charge in [-0.25, -0.2) is 0 Å². The molecule has 2 rings (SSSR count). The van der Waals surface area contributed by atoms with E-state index in [9.17, 15) is 9.90 Å². The van der Waals surface area contributed by atoms with Crippen molar-refractivity contribution in [3.8, 4) is 5.75 Å². The van der Waals surface area contributed by atoms with E-state index >= 15 is 0 Å². The normalized spacial score (nSPS) is 12.7. The predicted octanol–water partition coefficient (Wildman–Crippen LogP) is 3.29. The zero-order chi connectivity index (χ0) is 19.5. The fourth-order valence-electron chi connectivity index (χ4n) is 2.72. The molecule has 2 aromatic carbocycles. The molecule has 2 atom stereocenters. The van der Waals surface area contributed by atoms with Crippen molar-refractivity contribution < 1.29 is 19.4 Å². The van der Waals surface area contributed by atoms with Gasteiger partial charge in [0, 0.05) is 18.5 Å². The maximum absolute atomic E-state index is 12.9. The molecule has 0 fully saturated rings. The van der Waals surface area contributed by atoms with E-state index in [0.717, 1.165) is 24.3 Å². The van der Waals surface area contributed by atoms with Crippen molar-refractivity contribution in [2.45, 2.75) is 32.0 Å².